The summed E-state index contributed by atoms with van der Waals surface area (Å²) in [6.07, 6.45) is 1.81. The summed E-state index contributed by atoms with van der Waals surface area (Å²) in [6.45, 7) is 2.60. The molecule has 0 radical (unpaired) electrons. The second-order valence-electron chi connectivity index (χ2n) is 6.77. The van der Waals surface area contributed by atoms with Crippen LogP contribution in [0, 0.1) is 17.2 Å². The molecule has 2 aliphatic rings. The Morgan fingerprint density at radius 3 is 3.11 bits per heavy atom. The fourth-order valence-corrected chi connectivity index (χ4v) is 5.80. The number of ketones is 1. The van der Waals surface area contributed by atoms with Crippen LogP contribution in [0.4, 0.5) is 0 Å². The van der Waals surface area contributed by atoms with Crippen LogP contribution < -0.4 is 5.73 Å². The lowest BCUT2D eigenvalue weighted by molar-refractivity contribution is 0.0988. The van der Waals surface area contributed by atoms with Gasteiger partial charge in [0.15, 0.2) is 11.0 Å². The molecule has 27 heavy (non-hydrogen) atoms. The summed E-state index contributed by atoms with van der Waals surface area (Å²) in [5, 5.41) is 11.4. The fraction of sp³-hybridized carbons (Fsp3) is 0.368. The van der Waals surface area contributed by atoms with Gasteiger partial charge in [0.2, 0.25) is 0 Å². The number of carbonyl (C=O) groups is 1. The van der Waals surface area contributed by atoms with Crippen LogP contribution in [0.3, 0.4) is 0 Å². The topological polar surface area (TPSA) is 101 Å². The van der Waals surface area contributed by atoms with E-state index in [2.05, 4.69) is 11.9 Å². The Balaban J connectivity index is 1.57. The number of pyridine rings is 1. The monoisotopic (exact) mass is 398 g/mol. The molecule has 138 valence electrons. The zero-order chi connectivity index (χ0) is 19.0. The molecule has 2 aromatic heterocycles. The van der Waals surface area contributed by atoms with Crippen LogP contribution in [0.15, 0.2) is 34.8 Å². The van der Waals surface area contributed by atoms with Crippen LogP contribution >= 0.6 is 23.1 Å². The summed E-state index contributed by atoms with van der Waals surface area (Å²) in [5.41, 5.74) is 7.33. The number of thiophene rings is 1. The Bertz CT molecular complexity index is 947. The number of hydrogen-bond acceptors (Lipinski definition) is 8. The number of nitrogens with two attached hydrogens (primary N) is 1. The number of nitriles is 1. The lowest BCUT2D eigenvalue weighted by atomic mass is 9.83. The molecule has 0 saturated carbocycles. The number of amidine groups is 1. The van der Waals surface area contributed by atoms with Crippen molar-refractivity contribution in [3.63, 3.8) is 0 Å². The van der Waals surface area contributed by atoms with Crippen molar-refractivity contribution in [2.45, 2.75) is 25.0 Å². The highest BCUT2D eigenvalue weighted by molar-refractivity contribution is 8.13. The van der Waals surface area contributed by atoms with Crippen LogP contribution in [-0.2, 0) is 16.7 Å². The van der Waals surface area contributed by atoms with Crippen LogP contribution in [0.1, 0.15) is 33.4 Å². The number of fused-ring (bicyclic) bond motifs is 1. The molecule has 0 bridgehead atoms. The van der Waals surface area contributed by atoms with Gasteiger partial charge < -0.3 is 10.5 Å². The van der Waals surface area contributed by atoms with Crippen molar-refractivity contribution in [1.82, 2.24) is 4.98 Å². The van der Waals surface area contributed by atoms with Crippen molar-refractivity contribution < 1.29 is 9.53 Å². The maximum absolute atomic E-state index is 12.5. The number of nitrogens with zero attached hydrogens (tertiary/aromatic N) is 3. The molecule has 0 amide bonds. The Kier molecular flexibility index (Phi) is 4.76. The molecule has 3 atom stereocenters. The predicted molar refractivity (Wildman–Crippen MR) is 106 cm³/mol. The van der Waals surface area contributed by atoms with E-state index >= 15 is 0 Å². The highest BCUT2D eigenvalue weighted by Crippen LogP contribution is 2.49. The average Bonchev–Trinajstić information content (AvgIpc) is 3.27. The molecule has 0 unspecified atom stereocenters. The molecular weight excluding hydrogens is 380 g/mol. The Morgan fingerprint density at radius 2 is 2.37 bits per heavy atom. The van der Waals surface area contributed by atoms with Crippen molar-refractivity contribution in [2.24, 2.45) is 16.6 Å². The minimum absolute atomic E-state index is 0.0730. The number of rotatable bonds is 4. The maximum Gasteiger partial charge on any atom is 0.185 e. The minimum atomic E-state index is -0.437. The third-order valence-corrected chi connectivity index (χ3v) is 7.15. The van der Waals surface area contributed by atoms with Crippen molar-refractivity contribution in [2.75, 3.05) is 12.4 Å². The number of carbonyl (C=O) groups excluding carboxylic acids is 1. The van der Waals surface area contributed by atoms with Gasteiger partial charge in [-0.15, -0.1) is 11.3 Å². The molecule has 2 aliphatic heterocycles. The predicted octanol–water partition coefficient (Wildman–Crippen LogP) is 2.73. The van der Waals surface area contributed by atoms with Gasteiger partial charge in [-0.3, -0.25) is 9.78 Å². The Morgan fingerprint density at radius 1 is 1.52 bits per heavy atom. The lowest BCUT2D eigenvalue weighted by Crippen LogP contribution is -2.40. The van der Waals surface area contributed by atoms with Crippen LogP contribution in [0.25, 0.3) is 0 Å². The van der Waals surface area contributed by atoms with Gasteiger partial charge in [-0.2, -0.15) is 5.26 Å². The molecule has 8 heteroatoms. The fourth-order valence-electron chi connectivity index (χ4n) is 3.57. The third kappa shape index (κ3) is 3.27. The molecule has 2 N–H and O–H groups in total. The van der Waals surface area contributed by atoms with Gasteiger partial charge in [0.1, 0.15) is 17.3 Å². The Labute approximate surface area is 165 Å². The quantitative estimate of drug-likeness (QED) is 0.795. The summed E-state index contributed by atoms with van der Waals surface area (Å²) in [5.74, 6) is 1.09. The first-order chi connectivity index (χ1) is 13.0. The van der Waals surface area contributed by atoms with E-state index in [9.17, 15) is 4.79 Å². The summed E-state index contributed by atoms with van der Waals surface area (Å²) < 4.78 is 5.91. The number of aliphatic imine (C=N–C) groups is 1. The second kappa shape index (κ2) is 7.08. The second-order valence-corrected chi connectivity index (χ2v) is 8.72. The van der Waals surface area contributed by atoms with Crippen molar-refractivity contribution >= 4 is 34.0 Å². The normalized spacial score (nSPS) is 26.9. The number of hydrogen-bond donors (Lipinski definition) is 1. The van der Waals surface area contributed by atoms with Gasteiger partial charge in [-0.1, -0.05) is 11.8 Å². The van der Waals surface area contributed by atoms with Gasteiger partial charge in [0.25, 0.3) is 0 Å². The van der Waals surface area contributed by atoms with E-state index in [0.29, 0.717) is 23.0 Å². The third-order valence-electron chi connectivity index (χ3n) is 5.09. The number of aromatic nitrogens is 1. The number of thioether (sulfide) groups is 1. The van der Waals surface area contributed by atoms with Gasteiger partial charge in [-0.05, 0) is 36.1 Å². The number of Topliss-reactive ketones (excluding diaryl/α,β-unsaturated/α-hetero) is 1. The van der Waals surface area contributed by atoms with Gasteiger partial charge in [0.05, 0.1) is 18.3 Å². The molecule has 1 fully saturated rings. The highest BCUT2D eigenvalue weighted by Gasteiger charge is 2.52. The van der Waals surface area contributed by atoms with E-state index in [4.69, 9.17) is 20.7 Å². The van der Waals surface area contributed by atoms with E-state index in [1.54, 1.807) is 35.2 Å². The van der Waals surface area contributed by atoms with Crippen molar-refractivity contribution in [3.05, 3.63) is 51.5 Å². The molecule has 4 rings (SSSR count). The molecule has 6 nitrogen and oxygen atoms in total. The molecule has 0 spiro atoms. The van der Waals surface area contributed by atoms with E-state index in [0.717, 1.165) is 16.2 Å². The molecule has 2 aromatic rings. The van der Waals surface area contributed by atoms with E-state index in [1.807, 2.05) is 17.5 Å². The van der Waals surface area contributed by atoms with E-state index in [-0.39, 0.29) is 24.2 Å². The molecule has 0 aromatic carbocycles. The average molecular weight is 399 g/mol. The number of ether oxygens (including phenoxy) is 1. The molecule has 4 heterocycles. The van der Waals surface area contributed by atoms with Gasteiger partial charge >= 0.3 is 0 Å². The van der Waals surface area contributed by atoms with E-state index in [1.165, 1.54) is 6.20 Å². The SMILES string of the molecule is C[C@H]1OC[C@]2(c3cc(CC(=O)c4ccc(C#N)cn4)cs3)N=C(N)SC[C@H]12. The molecular formula is C19H18N4O2S2. The van der Waals surface area contributed by atoms with E-state index < -0.39 is 5.54 Å². The lowest BCUT2D eigenvalue weighted by Gasteiger charge is -2.33. The molecule has 0 aliphatic carbocycles. The summed E-state index contributed by atoms with van der Waals surface area (Å²) in [4.78, 5) is 22.5. The van der Waals surface area contributed by atoms with Crippen molar-refractivity contribution in [1.29, 1.82) is 5.26 Å². The minimum Gasteiger partial charge on any atom is -0.379 e. The summed E-state index contributed by atoms with van der Waals surface area (Å²) >= 11 is 3.18. The smallest absolute Gasteiger partial charge is 0.185 e. The zero-order valence-corrected chi connectivity index (χ0v) is 16.3. The standard InChI is InChI=1S/C19H18N4O2S2/c1-11-14-9-27-18(21)23-19(14,10-25-11)17-5-13(8-26-17)4-16(24)15-3-2-12(6-20)7-22-15/h2-3,5,7-8,11,14H,4,9-10H2,1H3,(H2,21,23)/t11-,14-,19+/m1/s1. The molecule has 1 saturated heterocycles. The van der Waals surface area contributed by atoms with Gasteiger partial charge in [-0.25, -0.2) is 4.99 Å². The highest BCUT2D eigenvalue weighted by atomic mass is 32.2. The van der Waals surface area contributed by atoms with Crippen molar-refractivity contribution in [3.8, 4) is 6.07 Å². The first-order valence-electron chi connectivity index (χ1n) is 8.59. The Hall–Kier alpha value is -2.21. The first-order valence-corrected chi connectivity index (χ1v) is 10.5. The zero-order valence-electron chi connectivity index (χ0n) is 14.7. The van der Waals surface area contributed by atoms with Crippen LogP contribution in [-0.4, -0.2) is 34.4 Å². The summed E-state index contributed by atoms with van der Waals surface area (Å²) in [7, 11) is 0. The van der Waals surface area contributed by atoms with Crippen LogP contribution in [0.2, 0.25) is 0 Å². The van der Waals surface area contributed by atoms with Gasteiger partial charge in [0, 0.05) is 29.2 Å². The first kappa shape index (κ1) is 18.2. The maximum atomic E-state index is 12.5. The largest absolute Gasteiger partial charge is 0.379 e. The van der Waals surface area contributed by atoms with Crippen LogP contribution in [0.5, 0.6) is 0 Å². The summed E-state index contributed by atoms with van der Waals surface area (Å²) in [6, 6.07) is 7.26.